The van der Waals surface area contributed by atoms with Crippen LogP contribution in [0.25, 0.3) is 0 Å². The van der Waals surface area contributed by atoms with Crippen molar-refractivity contribution in [1.82, 2.24) is 4.90 Å². The van der Waals surface area contributed by atoms with Gasteiger partial charge < -0.3 is 10.0 Å². The van der Waals surface area contributed by atoms with Crippen LogP contribution in [0.5, 0.6) is 0 Å². The first-order valence-corrected chi connectivity index (χ1v) is 7.10. The molecule has 1 aromatic rings. The molecule has 0 unspecified atom stereocenters. The SMILES string of the molecule is CC(C)N1CCC(O)(c2cc(Cl)ccc2Cl)CC1. The zero-order valence-corrected chi connectivity index (χ0v) is 12.3. The molecule has 1 heterocycles. The number of hydrogen-bond donors (Lipinski definition) is 1. The smallest absolute Gasteiger partial charge is 0.0935 e. The summed E-state index contributed by atoms with van der Waals surface area (Å²) < 4.78 is 0. The number of piperidine rings is 1. The maximum atomic E-state index is 10.8. The molecule has 0 aromatic heterocycles. The summed E-state index contributed by atoms with van der Waals surface area (Å²) >= 11 is 12.2. The lowest BCUT2D eigenvalue weighted by atomic mass is 9.84. The Balaban J connectivity index is 2.20. The van der Waals surface area contributed by atoms with E-state index in [1.807, 2.05) is 0 Å². The van der Waals surface area contributed by atoms with Crippen LogP contribution in [0.3, 0.4) is 0 Å². The quantitative estimate of drug-likeness (QED) is 0.897. The van der Waals surface area contributed by atoms with Gasteiger partial charge in [0.15, 0.2) is 0 Å². The number of rotatable bonds is 2. The van der Waals surface area contributed by atoms with Crippen LogP contribution in [-0.2, 0) is 5.60 Å². The van der Waals surface area contributed by atoms with Crippen molar-refractivity contribution >= 4 is 23.2 Å². The third-order valence-electron chi connectivity index (χ3n) is 3.79. The van der Waals surface area contributed by atoms with Crippen LogP contribution in [-0.4, -0.2) is 29.1 Å². The van der Waals surface area contributed by atoms with Gasteiger partial charge in [-0.05, 0) is 44.9 Å². The third kappa shape index (κ3) is 2.83. The minimum Gasteiger partial charge on any atom is -0.385 e. The molecule has 0 spiro atoms. The number of hydrogen-bond acceptors (Lipinski definition) is 2. The van der Waals surface area contributed by atoms with Crippen molar-refractivity contribution in [3.05, 3.63) is 33.8 Å². The first-order valence-electron chi connectivity index (χ1n) is 6.34. The molecule has 1 N–H and O–H groups in total. The van der Waals surface area contributed by atoms with Crippen LogP contribution >= 0.6 is 23.2 Å². The fourth-order valence-electron chi connectivity index (χ4n) is 2.53. The Bertz CT molecular complexity index is 426. The number of likely N-dealkylation sites (tertiary alicyclic amines) is 1. The number of nitrogens with zero attached hydrogens (tertiary/aromatic N) is 1. The molecule has 1 saturated heterocycles. The maximum Gasteiger partial charge on any atom is 0.0935 e. The van der Waals surface area contributed by atoms with Gasteiger partial charge in [-0.25, -0.2) is 0 Å². The molecular weight excluding hydrogens is 269 g/mol. The zero-order chi connectivity index (χ0) is 13.3. The topological polar surface area (TPSA) is 23.5 Å². The van der Waals surface area contributed by atoms with Gasteiger partial charge in [0.25, 0.3) is 0 Å². The van der Waals surface area contributed by atoms with Crippen LogP contribution in [0.15, 0.2) is 18.2 Å². The van der Waals surface area contributed by atoms with Gasteiger partial charge in [0.05, 0.1) is 5.60 Å². The lowest BCUT2D eigenvalue weighted by Gasteiger charge is -2.40. The first kappa shape index (κ1) is 14.1. The molecular formula is C14H19Cl2NO. The number of aliphatic hydroxyl groups is 1. The molecule has 2 rings (SSSR count). The summed E-state index contributed by atoms with van der Waals surface area (Å²) in [7, 11) is 0. The van der Waals surface area contributed by atoms with Crippen LogP contribution in [0.2, 0.25) is 10.0 Å². The van der Waals surface area contributed by atoms with Crippen LogP contribution < -0.4 is 0 Å². The highest BCUT2D eigenvalue weighted by Gasteiger charge is 2.36. The molecule has 1 aliphatic heterocycles. The Morgan fingerprint density at radius 1 is 1.22 bits per heavy atom. The fourth-order valence-corrected chi connectivity index (χ4v) is 3.00. The van der Waals surface area contributed by atoms with E-state index in [-0.39, 0.29) is 0 Å². The Hall–Kier alpha value is -0.280. The summed E-state index contributed by atoms with van der Waals surface area (Å²) in [6.45, 7) is 6.13. The van der Waals surface area contributed by atoms with Crippen LogP contribution in [0.1, 0.15) is 32.3 Å². The largest absolute Gasteiger partial charge is 0.385 e. The lowest BCUT2D eigenvalue weighted by Crippen LogP contribution is -2.45. The molecule has 2 nitrogen and oxygen atoms in total. The Morgan fingerprint density at radius 3 is 2.39 bits per heavy atom. The number of benzene rings is 1. The minimum atomic E-state index is -0.840. The summed E-state index contributed by atoms with van der Waals surface area (Å²) in [4.78, 5) is 2.37. The van der Waals surface area contributed by atoms with Gasteiger partial charge in [0.2, 0.25) is 0 Å². The van der Waals surface area contributed by atoms with E-state index in [0.717, 1.165) is 18.7 Å². The molecule has 0 aliphatic carbocycles. The summed E-state index contributed by atoms with van der Waals surface area (Å²) in [5.41, 5.74) is -0.0760. The lowest BCUT2D eigenvalue weighted by molar-refractivity contribution is -0.0322. The number of halogens is 2. The van der Waals surface area contributed by atoms with Gasteiger partial charge in [-0.3, -0.25) is 0 Å². The standard InChI is InChI=1S/C14H19Cl2NO/c1-10(2)17-7-5-14(18,6-8-17)12-9-11(15)3-4-13(12)16/h3-4,9-10,18H,5-8H2,1-2H3. The molecule has 1 aromatic carbocycles. The molecule has 1 fully saturated rings. The van der Waals surface area contributed by atoms with Crippen LogP contribution in [0, 0.1) is 0 Å². The predicted octanol–water partition coefficient (Wildman–Crippen LogP) is 3.69. The van der Waals surface area contributed by atoms with Crippen molar-refractivity contribution in [2.24, 2.45) is 0 Å². The van der Waals surface area contributed by atoms with Gasteiger partial charge >= 0.3 is 0 Å². The van der Waals surface area contributed by atoms with E-state index in [1.54, 1.807) is 18.2 Å². The zero-order valence-electron chi connectivity index (χ0n) is 10.8. The summed E-state index contributed by atoms with van der Waals surface area (Å²) in [6, 6.07) is 5.81. The molecule has 0 atom stereocenters. The third-order valence-corrected chi connectivity index (χ3v) is 4.35. The predicted molar refractivity (Wildman–Crippen MR) is 76.3 cm³/mol. The van der Waals surface area contributed by atoms with Gasteiger partial charge in [-0.15, -0.1) is 0 Å². The molecule has 0 saturated carbocycles. The molecule has 4 heteroatoms. The second kappa shape index (κ2) is 5.38. The highest BCUT2D eigenvalue weighted by Crippen LogP contribution is 2.38. The highest BCUT2D eigenvalue weighted by molar-refractivity contribution is 6.33. The maximum absolute atomic E-state index is 10.8. The average molecular weight is 288 g/mol. The first-order chi connectivity index (χ1) is 8.42. The van der Waals surface area contributed by atoms with Gasteiger partial charge in [0, 0.05) is 34.7 Å². The fraction of sp³-hybridized carbons (Fsp3) is 0.571. The van der Waals surface area contributed by atoms with E-state index in [2.05, 4.69) is 18.7 Å². The average Bonchev–Trinajstić information content (AvgIpc) is 2.32. The monoisotopic (exact) mass is 287 g/mol. The van der Waals surface area contributed by atoms with Crippen LogP contribution in [0.4, 0.5) is 0 Å². The van der Waals surface area contributed by atoms with E-state index in [4.69, 9.17) is 23.2 Å². The Kier molecular flexibility index (Phi) is 4.22. The van der Waals surface area contributed by atoms with Gasteiger partial charge in [-0.2, -0.15) is 0 Å². The van der Waals surface area contributed by atoms with Crippen molar-refractivity contribution in [1.29, 1.82) is 0 Å². The van der Waals surface area contributed by atoms with Crippen molar-refractivity contribution in [3.63, 3.8) is 0 Å². The molecule has 1 aliphatic rings. The summed E-state index contributed by atoms with van der Waals surface area (Å²) in [6.07, 6.45) is 1.40. The Morgan fingerprint density at radius 2 is 1.83 bits per heavy atom. The summed E-state index contributed by atoms with van der Waals surface area (Å²) in [5.74, 6) is 0. The molecule has 0 amide bonds. The van der Waals surface area contributed by atoms with E-state index in [0.29, 0.717) is 28.9 Å². The van der Waals surface area contributed by atoms with E-state index in [1.165, 1.54) is 0 Å². The normalized spacial score (nSPS) is 20.3. The Labute approximate surface area is 119 Å². The minimum absolute atomic E-state index is 0.518. The van der Waals surface area contributed by atoms with Crippen molar-refractivity contribution < 1.29 is 5.11 Å². The molecule has 0 bridgehead atoms. The highest BCUT2D eigenvalue weighted by atomic mass is 35.5. The van der Waals surface area contributed by atoms with Crippen molar-refractivity contribution in [2.45, 2.75) is 38.3 Å². The second-order valence-electron chi connectivity index (χ2n) is 5.29. The molecule has 18 heavy (non-hydrogen) atoms. The van der Waals surface area contributed by atoms with Crippen molar-refractivity contribution in [2.75, 3.05) is 13.1 Å². The van der Waals surface area contributed by atoms with Gasteiger partial charge in [-0.1, -0.05) is 23.2 Å². The van der Waals surface area contributed by atoms with Gasteiger partial charge in [0.1, 0.15) is 0 Å². The molecule has 100 valence electrons. The summed E-state index contributed by atoms with van der Waals surface area (Å²) in [5, 5.41) is 12.0. The van der Waals surface area contributed by atoms with E-state index < -0.39 is 5.60 Å². The van der Waals surface area contributed by atoms with Crippen molar-refractivity contribution in [3.8, 4) is 0 Å². The van der Waals surface area contributed by atoms with E-state index in [9.17, 15) is 5.11 Å². The second-order valence-corrected chi connectivity index (χ2v) is 6.13. The molecule has 0 radical (unpaired) electrons. The van der Waals surface area contributed by atoms with E-state index >= 15 is 0 Å².